The van der Waals surface area contributed by atoms with Gasteiger partial charge < -0.3 is 10.2 Å². The molecule has 0 radical (unpaired) electrons. The van der Waals surface area contributed by atoms with Gasteiger partial charge in [0.15, 0.2) is 5.25 Å². The lowest BCUT2D eigenvalue weighted by atomic mass is 10.2. The second-order valence-corrected chi connectivity index (χ2v) is 6.12. The number of carbonyl (C=O) groups is 2. The highest BCUT2D eigenvalue weighted by atomic mass is 32.2. The molecule has 0 aliphatic carbocycles. The number of nitrogens with zero attached hydrogens (tertiary/aromatic N) is 1. The summed E-state index contributed by atoms with van der Waals surface area (Å²) in [6.45, 7) is 0. The van der Waals surface area contributed by atoms with Crippen LogP contribution in [-0.2, 0) is 9.59 Å². The van der Waals surface area contributed by atoms with Crippen LogP contribution in [-0.4, -0.2) is 24.1 Å². The number of benzene rings is 2. The van der Waals surface area contributed by atoms with Gasteiger partial charge in [0.1, 0.15) is 11.6 Å². The quantitative estimate of drug-likeness (QED) is 0.859. The summed E-state index contributed by atoms with van der Waals surface area (Å²) in [7, 11) is 1.58. The molecule has 7 heteroatoms. The van der Waals surface area contributed by atoms with Gasteiger partial charge in [0.2, 0.25) is 11.8 Å². The van der Waals surface area contributed by atoms with Crippen LogP contribution >= 0.6 is 11.8 Å². The number of hydrogen-bond donors (Lipinski definition) is 1. The van der Waals surface area contributed by atoms with E-state index in [1.807, 2.05) is 12.1 Å². The average Bonchev–Trinajstić information content (AvgIpc) is 2.53. The summed E-state index contributed by atoms with van der Waals surface area (Å²) in [5.74, 6) is -2.67. The second kappa shape index (κ2) is 6.00. The smallest absolute Gasteiger partial charge is 0.249 e. The summed E-state index contributed by atoms with van der Waals surface area (Å²) >= 11 is 1.11. The molecule has 118 valence electrons. The molecule has 0 spiro atoms. The van der Waals surface area contributed by atoms with Gasteiger partial charge in [-0.1, -0.05) is 12.1 Å². The zero-order valence-electron chi connectivity index (χ0n) is 12.0. The van der Waals surface area contributed by atoms with E-state index in [0.29, 0.717) is 6.07 Å². The van der Waals surface area contributed by atoms with Gasteiger partial charge in [-0.2, -0.15) is 0 Å². The van der Waals surface area contributed by atoms with Gasteiger partial charge >= 0.3 is 0 Å². The van der Waals surface area contributed by atoms with Crippen molar-refractivity contribution in [3.63, 3.8) is 0 Å². The summed E-state index contributed by atoms with van der Waals surface area (Å²) < 4.78 is 26.5. The second-order valence-electron chi connectivity index (χ2n) is 4.98. The van der Waals surface area contributed by atoms with Gasteiger partial charge in [-0.3, -0.25) is 9.59 Å². The molecule has 1 N–H and O–H groups in total. The Morgan fingerprint density at radius 3 is 2.70 bits per heavy atom. The number of fused-ring (bicyclic) bond motifs is 1. The summed E-state index contributed by atoms with van der Waals surface area (Å²) in [4.78, 5) is 26.9. The van der Waals surface area contributed by atoms with Crippen molar-refractivity contribution in [3.8, 4) is 0 Å². The van der Waals surface area contributed by atoms with Crippen molar-refractivity contribution in [3.05, 3.63) is 54.1 Å². The topological polar surface area (TPSA) is 49.4 Å². The number of carbonyl (C=O) groups excluding carboxylic acids is 2. The molecule has 0 fully saturated rings. The molecule has 2 aromatic rings. The minimum absolute atomic E-state index is 0.161. The maximum atomic E-state index is 13.6. The first-order valence-electron chi connectivity index (χ1n) is 6.76. The fourth-order valence-electron chi connectivity index (χ4n) is 2.26. The molecule has 0 bridgehead atoms. The van der Waals surface area contributed by atoms with Gasteiger partial charge in [0.05, 0.1) is 11.4 Å². The Morgan fingerprint density at radius 1 is 1.22 bits per heavy atom. The Balaban J connectivity index is 1.84. The first-order chi connectivity index (χ1) is 11.0. The van der Waals surface area contributed by atoms with Crippen LogP contribution in [0.2, 0.25) is 0 Å². The number of amides is 2. The van der Waals surface area contributed by atoms with Crippen molar-refractivity contribution in [2.75, 3.05) is 17.3 Å². The standard InChI is InChI=1S/C16H12F2N2O2S/c1-20-12-4-2-3-5-13(12)23-14(16(20)22)15(21)19-11-7-6-9(17)8-10(11)18/h2-8,14H,1H3,(H,19,21). The fraction of sp³-hybridized carbons (Fsp3) is 0.125. The maximum absolute atomic E-state index is 13.6. The van der Waals surface area contributed by atoms with Crippen LogP contribution < -0.4 is 10.2 Å². The van der Waals surface area contributed by atoms with Gasteiger partial charge in [0, 0.05) is 18.0 Å². The lowest BCUT2D eigenvalue weighted by Crippen LogP contribution is -2.44. The number of halogens is 2. The summed E-state index contributed by atoms with van der Waals surface area (Å²) in [5.41, 5.74) is 0.561. The van der Waals surface area contributed by atoms with Crippen molar-refractivity contribution in [2.45, 2.75) is 10.1 Å². The van der Waals surface area contributed by atoms with Gasteiger partial charge in [-0.25, -0.2) is 8.78 Å². The molecule has 0 saturated carbocycles. The van der Waals surface area contributed by atoms with Crippen molar-refractivity contribution >= 4 is 35.0 Å². The third-order valence-corrected chi connectivity index (χ3v) is 4.70. The molecule has 1 aliphatic heterocycles. The molecule has 23 heavy (non-hydrogen) atoms. The average molecular weight is 334 g/mol. The number of hydrogen-bond acceptors (Lipinski definition) is 3. The number of anilines is 2. The Labute approximate surface area is 135 Å². The maximum Gasteiger partial charge on any atom is 0.249 e. The van der Waals surface area contributed by atoms with Gasteiger partial charge in [0.25, 0.3) is 0 Å². The molecule has 1 heterocycles. The first kappa shape index (κ1) is 15.5. The molecule has 1 unspecified atom stereocenters. The van der Waals surface area contributed by atoms with Crippen LogP contribution in [0.5, 0.6) is 0 Å². The van der Waals surface area contributed by atoms with Gasteiger partial charge in [-0.15, -0.1) is 11.8 Å². The summed E-state index contributed by atoms with van der Waals surface area (Å²) in [6, 6.07) is 10.0. The van der Waals surface area contributed by atoms with E-state index in [1.165, 1.54) is 4.90 Å². The van der Waals surface area contributed by atoms with E-state index in [2.05, 4.69) is 5.32 Å². The van der Waals surface area contributed by atoms with E-state index in [4.69, 9.17) is 0 Å². The SMILES string of the molecule is CN1C(=O)C(C(=O)Nc2ccc(F)cc2F)Sc2ccccc21. The normalized spacial score (nSPS) is 16.9. The van der Waals surface area contributed by atoms with Crippen LogP contribution in [0.4, 0.5) is 20.2 Å². The Morgan fingerprint density at radius 2 is 1.96 bits per heavy atom. The molecular weight excluding hydrogens is 322 g/mol. The number of thioether (sulfide) groups is 1. The lowest BCUT2D eigenvalue weighted by molar-refractivity contribution is -0.124. The Kier molecular flexibility index (Phi) is 4.04. The van der Waals surface area contributed by atoms with Crippen LogP contribution in [0.25, 0.3) is 0 Å². The molecular formula is C16H12F2N2O2S. The molecule has 0 aromatic heterocycles. The zero-order chi connectivity index (χ0) is 16.6. The molecule has 1 atom stereocenters. The molecule has 0 saturated heterocycles. The molecule has 2 aromatic carbocycles. The Hall–Kier alpha value is -2.41. The van der Waals surface area contributed by atoms with Crippen LogP contribution in [0, 0.1) is 11.6 Å². The van der Waals surface area contributed by atoms with E-state index in [9.17, 15) is 18.4 Å². The minimum atomic E-state index is -1.03. The largest absolute Gasteiger partial charge is 0.322 e. The third kappa shape index (κ3) is 2.92. The summed E-state index contributed by atoms with van der Waals surface area (Å²) in [5, 5.41) is 1.31. The fourth-order valence-corrected chi connectivity index (χ4v) is 3.42. The van der Waals surface area contributed by atoms with Crippen LogP contribution in [0.3, 0.4) is 0 Å². The molecule has 2 amide bonds. The number of rotatable bonds is 2. The molecule has 1 aliphatic rings. The van der Waals surface area contributed by atoms with E-state index in [0.717, 1.165) is 34.5 Å². The minimum Gasteiger partial charge on any atom is -0.322 e. The molecule has 3 rings (SSSR count). The zero-order valence-corrected chi connectivity index (χ0v) is 12.9. The highest BCUT2D eigenvalue weighted by molar-refractivity contribution is 8.01. The van der Waals surface area contributed by atoms with Crippen molar-refractivity contribution in [2.24, 2.45) is 0 Å². The predicted octanol–water partition coefficient (Wildman–Crippen LogP) is 3.04. The van der Waals surface area contributed by atoms with Gasteiger partial charge in [-0.05, 0) is 24.3 Å². The monoisotopic (exact) mass is 334 g/mol. The highest BCUT2D eigenvalue weighted by Gasteiger charge is 2.36. The van der Waals surface area contributed by atoms with Crippen LogP contribution in [0.1, 0.15) is 0 Å². The summed E-state index contributed by atoms with van der Waals surface area (Å²) in [6.07, 6.45) is 0. The van der Waals surface area contributed by atoms with Crippen molar-refractivity contribution < 1.29 is 18.4 Å². The first-order valence-corrected chi connectivity index (χ1v) is 7.64. The van der Waals surface area contributed by atoms with E-state index >= 15 is 0 Å². The van der Waals surface area contributed by atoms with E-state index in [1.54, 1.807) is 19.2 Å². The highest BCUT2D eigenvalue weighted by Crippen LogP contribution is 2.38. The van der Waals surface area contributed by atoms with E-state index in [-0.39, 0.29) is 5.69 Å². The Bertz CT molecular complexity index is 797. The molecule has 4 nitrogen and oxygen atoms in total. The number of nitrogens with one attached hydrogen (secondary N) is 1. The van der Waals surface area contributed by atoms with E-state index < -0.39 is 28.7 Å². The van der Waals surface area contributed by atoms with Crippen LogP contribution in [0.15, 0.2) is 47.4 Å². The lowest BCUT2D eigenvalue weighted by Gasteiger charge is -2.30. The van der Waals surface area contributed by atoms with Crippen molar-refractivity contribution in [1.82, 2.24) is 0 Å². The number of para-hydroxylation sites is 1. The van der Waals surface area contributed by atoms with Crippen molar-refractivity contribution in [1.29, 1.82) is 0 Å². The third-order valence-electron chi connectivity index (χ3n) is 3.45. The predicted molar refractivity (Wildman–Crippen MR) is 84.5 cm³/mol.